The van der Waals surface area contributed by atoms with Crippen molar-refractivity contribution in [2.75, 3.05) is 13.2 Å². The number of aromatic nitrogens is 2. The number of ether oxygens (including phenoxy) is 1. The number of hydrogen-bond acceptors (Lipinski definition) is 5. The molecule has 0 aliphatic carbocycles. The van der Waals surface area contributed by atoms with E-state index in [-0.39, 0.29) is 12.0 Å². The molecule has 2 unspecified atom stereocenters. The summed E-state index contributed by atoms with van der Waals surface area (Å²) in [6.07, 6.45) is 3.14. The monoisotopic (exact) mass is 273 g/mol. The minimum Gasteiger partial charge on any atom is -0.378 e. The van der Waals surface area contributed by atoms with Crippen molar-refractivity contribution in [1.82, 2.24) is 10.1 Å². The fourth-order valence-electron chi connectivity index (χ4n) is 2.57. The van der Waals surface area contributed by atoms with Gasteiger partial charge >= 0.3 is 0 Å². The third-order valence-corrected chi connectivity index (χ3v) is 3.65. The van der Waals surface area contributed by atoms with E-state index in [0.717, 1.165) is 31.4 Å². The fourth-order valence-corrected chi connectivity index (χ4v) is 2.57. The first-order valence-corrected chi connectivity index (χ1v) is 7.06. The number of nitrogens with two attached hydrogens (primary N) is 1. The van der Waals surface area contributed by atoms with Crippen LogP contribution in [-0.4, -0.2) is 29.4 Å². The molecular formula is C15H19N3O2. The molecule has 0 saturated carbocycles. The van der Waals surface area contributed by atoms with Gasteiger partial charge in [0.25, 0.3) is 0 Å². The molecule has 1 saturated heterocycles. The molecule has 5 heteroatoms. The molecule has 1 aliphatic heterocycles. The molecule has 2 heterocycles. The summed E-state index contributed by atoms with van der Waals surface area (Å²) in [7, 11) is 0. The highest BCUT2D eigenvalue weighted by atomic mass is 16.5. The Balaban J connectivity index is 1.74. The lowest BCUT2D eigenvalue weighted by Crippen LogP contribution is -2.14. The van der Waals surface area contributed by atoms with Gasteiger partial charge in [-0.1, -0.05) is 35.5 Å². The minimum absolute atomic E-state index is 0.0399. The number of rotatable bonds is 5. The van der Waals surface area contributed by atoms with Crippen molar-refractivity contribution in [3.05, 3.63) is 47.6 Å². The summed E-state index contributed by atoms with van der Waals surface area (Å²) in [4.78, 5) is 4.48. The highest BCUT2D eigenvalue weighted by molar-refractivity contribution is 5.24. The molecule has 2 N–H and O–H groups in total. The first-order chi connectivity index (χ1) is 9.86. The van der Waals surface area contributed by atoms with Gasteiger partial charge in [-0.05, 0) is 18.4 Å². The first kappa shape index (κ1) is 13.3. The maximum Gasteiger partial charge on any atom is 0.235 e. The van der Waals surface area contributed by atoms with E-state index in [1.165, 1.54) is 0 Å². The van der Waals surface area contributed by atoms with Crippen LogP contribution in [0, 0.1) is 0 Å². The molecule has 0 amide bonds. The van der Waals surface area contributed by atoms with E-state index in [1.54, 1.807) is 0 Å². The molecule has 20 heavy (non-hydrogen) atoms. The summed E-state index contributed by atoms with van der Waals surface area (Å²) in [5, 5.41) is 4.05. The minimum atomic E-state index is -0.0399. The van der Waals surface area contributed by atoms with Crippen LogP contribution in [0.2, 0.25) is 0 Å². The van der Waals surface area contributed by atoms with Crippen LogP contribution in [0.15, 0.2) is 34.9 Å². The Kier molecular flexibility index (Phi) is 4.08. The zero-order valence-corrected chi connectivity index (χ0v) is 11.4. The van der Waals surface area contributed by atoms with Crippen molar-refractivity contribution in [3.63, 3.8) is 0 Å². The number of hydrogen-bond donors (Lipinski definition) is 1. The Morgan fingerprint density at radius 3 is 2.85 bits per heavy atom. The normalized spacial score (nSPS) is 20.1. The molecule has 1 aromatic carbocycles. The average molecular weight is 273 g/mol. The van der Waals surface area contributed by atoms with Crippen LogP contribution in [-0.2, 0) is 11.2 Å². The van der Waals surface area contributed by atoms with Crippen molar-refractivity contribution in [1.29, 1.82) is 0 Å². The van der Waals surface area contributed by atoms with Crippen molar-refractivity contribution < 1.29 is 9.26 Å². The zero-order valence-electron chi connectivity index (χ0n) is 11.4. The Labute approximate surface area is 118 Å². The second-order valence-electron chi connectivity index (χ2n) is 5.09. The second kappa shape index (κ2) is 6.15. The Morgan fingerprint density at radius 1 is 1.30 bits per heavy atom. The van der Waals surface area contributed by atoms with Gasteiger partial charge < -0.3 is 15.0 Å². The molecule has 0 radical (unpaired) electrons. The quantitative estimate of drug-likeness (QED) is 0.900. The van der Waals surface area contributed by atoms with Crippen LogP contribution in [0.3, 0.4) is 0 Å². The van der Waals surface area contributed by atoms with E-state index in [4.69, 9.17) is 15.0 Å². The predicted molar refractivity (Wildman–Crippen MR) is 74.3 cm³/mol. The van der Waals surface area contributed by atoms with Gasteiger partial charge in [-0.2, -0.15) is 4.98 Å². The van der Waals surface area contributed by atoms with Crippen molar-refractivity contribution in [3.8, 4) is 0 Å². The molecule has 2 aromatic rings. The van der Waals surface area contributed by atoms with Crippen LogP contribution >= 0.6 is 0 Å². The lowest BCUT2D eigenvalue weighted by molar-refractivity contribution is 0.109. The average Bonchev–Trinajstić information content (AvgIpc) is 3.14. The van der Waals surface area contributed by atoms with E-state index >= 15 is 0 Å². The molecule has 3 rings (SSSR count). The molecule has 106 valence electrons. The summed E-state index contributed by atoms with van der Waals surface area (Å²) in [6, 6.07) is 10.0. The van der Waals surface area contributed by atoms with Crippen molar-refractivity contribution in [2.45, 2.75) is 31.3 Å². The summed E-state index contributed by atoms with van der Waals surface area (Å²) >= 11 is 0. The molecule has 1 aromatic heterocycles. The molecule has 0 spiro atoms. The van der Waals surface area contributed by atoms with Gasteiger partial charge in [0.05, 0.1) is 12.0 Å². The molecule has 0 bridgehead atoms. The summed E-state index contributed by atoms with van der Waals surface area (Å²) in [5.41, 5.74) is 6.96. The summed E-state index contributed by atoms with van der Waals surface area (Å²) in [5.74, 6) is 1.26. The Hall–Kier alpha value is -1.72. The van der Waals surface area contributed by atoms with Crippen molar-refractivity contribution in [2.24, 2.45) is 5.73 Å². The van der Waals surface area contributed by atoms with Gasteiger partial charge in [0.15, 0.2) is 5.82 Å². The highest BCUT2D eigenvalue weighted by Gasteiger charge is 2.22. The van der Waals surface area contributed by atoms with Gasteiger partial charge in [-0.25, -0.2) is 0 Å². The summed E-state index contributed by atoms with van der Waals surface area (Å²) < 4.78 is 11.0. The lowest BCUT2D eigenvalue weighted by atomic mass is 9.99. The predicted octanol–water partition coefficient (Wildman–Crippen LogP) is 1.88. The van der Waals surface area contributed by atoms with Gasteiger partial charge in [-0.3, -0.25) is 0 Å². The van der Waals surface area contributed by atoms with Gasteiger partial charge in [0, 0.05) is 19.6 Å². The van der Waals surface area contributed by atoms with E-state index in [0.29, 0.717) is 18.3 Å². The number of benzene rings is 1. The number of nitrogens with zero attached hydrogens (tertiary/aromatic N) is 2. The van der Waals surface area contributed by atoms with Crippen LogP contribution < -0.4 is 5.73 Å². The Bertz CT molecular complexity index is 535. The maximum absolute atomic E-state index is 5.86. The van der Waals surface area contributed by atoms with Crippen LogP contribution in [0.5, 0.6) is 0 Å². The largest absolute Gasteiger partial charge is 0.378 e. The standard InChI is InChI=1S/C15H19N3O2/c16-10-13(11-5-2-1-3-6-11)15-17-14(18-20-15)9-12-7-4-8-19-12/h1-3,5-6,12-13H,4,7-10,16H2. The van der Waals surface area contributed by atoms with Gasteiger partial charge in [-0.15, -0.1) is 0 Å². The summed E-state index contributed by atoms with van der Waals surface area (Å²) in [6.45, 7) is 1.29. The van der Waals surface area contributed by atoms with Gasteiger partial charge in [0.1, 0.15) is 0 Å². The van der Waals surface area contributed by atoms with Crippen LogP contribution in [0.4, 0.5) is 0 Å². The first-order valence-electron chi connectivity index (χ1n) is 7.06. The van der Waals surface area contributed by atoms with Crippen LogP contribution in [0.1, 0.15) is 36.0 Å². The fraction of sp³-hybridized carbons (Fsp3) is 0.467. The van der Waals surface area contributed by atoms with E-state index in [2.05, 4.69) is 10.1 Å². The molecule has 5 nitrogen and oxygen atoms in total. The van der Waals surface area contributed by atoms with E-state index < -0.39 is 0 Å². The van der Waals surface area contributed by atoms with Crippen molar-refractivity contribution >= 4 is 0 Å². The SMILES string of the molecule is NCC(c1ccccc1)c1nc(CC2CCCO2)no1. The molecular weight excluding hydrogens is 254 g/mol. The van der Waals surface area contributed by atoms with E-state index in [9.17, 15) is 0 Å². The second-order valence-corrected chi connectivity index (χ2v) is 5.09. The van der Waals surface area contributed by atoms with Crippen LogP contribution in [0.25, 0.3) is 0 Å². The molecule has 2 atom stereocenters. The van der Waals surface area contributed by atoms with Gasteiger partial charge in [0.2, 0.25) is 5.89 Å². The maximum atomic E-state index is 5.86. The smallest absolute Gasteiger partial charge is 0.235 e. The third kappa shape index (κ3) is 2.89. The molecule has 1 aliphatic rings. The van der Waals surface area contributed by atoms with E-state index in [1.807, 2.05) is 30.3 Å². The lowest BCUT2D eigenvalue weighted by Gasteiger charge is -2.09. The topological polar surface area (TPSA) is 74.2 Å². The zero-order chi connectivity index (χ0) is 13.8. The third-order valence-electron chi connectivity index (χ3n) is 3.65. The molecule has 1 fully saturated rings. The highest BCUT2D eigenvalue weighted by Crippen LogP contribution is 2.23. The Morgan fingerprint density at radius 2 is 2.15 bits per heavy atom.